The van der Waals surface area contributed by atoms with E-state index in [0.717, 1.165) is 5.56 Å². The monoisotopic (exact) mass is 300 g/mol. The molecule has 100 valence electrons. The number of nitrogens with one attached hydrogen (secondary N) is 1. The third-order valence-corrected chi connectivity index (χ3v) is 6.00. The van der Waals surface area contributed by atoms with Gasteiger partial charge >= 0.3 is 0 Å². The lowest BCUT2D eigenvalue weighted by Gasteiger charge is -2.08. The summed E-state index contributed by atoms with van der Waals surface area (Å²) in [6, 6.07) is 10.6. The predicted octanol–water partition coefficient (Wildman–Crippen LogP) is 3.63. The Bertz CT molecular complexity index is 710. The van der Waals surface area contributed by atoms with E-state index in [9.17, 15) is 0 Å². The number of aromatic nitrogens is 4. The van der Waals surface area contributed by atoms with Crippen LogP contribution in [-0.4, -0.2) is 26.4 Å². The number of rotatable bonds is 2. The van der Waals surface area contributed by atoms with E-state index in [2.05, 4.69) is 38.8 Å². The number of thiophene rings is 1. The van der Waals surface area contributed by atoms with Crippen molar-refractivity contribution in [2.24, 2.45) is 0 Å². The Morgan fingerprint density at radius 2 is 2.05 bits per heavy atom. The Morgan fingerprint density at radius 1 is 1.15 bits per heavy atom. The number of benzene rings is 1. The fourth-order valence-corrected chi connectivity index (χ4v) is 4.99. The summed E-state index contributed by atoms with van der Waals surface area (Å²) in [4.78, 5) is 1.30. The van der Waals surface area contributed by atoms with Crippen molar-refractivity contribution in [2.75, 3.05) is 5.75 Å². The molecule has 1 aromatic carbocycles. The molecule has 0 atom stereocenters. The highest BCUT2D eigenvalue weighted by Gasteiger charge is 2.17. The van der Waals surface area contributed by atoms with Gasteiger partial charge in [0.2, 0.25) is 5.82 Å². The molecule has 1 N–H and O–H groups in total. The van der Waals surface area contributed by atoms with Gasteiger partial charge in [-0.3, -0.25) is 0 Å². The van der Waals surface area contributed by atoms with Crippen molar-refractivity contribution in [3.63, 3.8) is 0 Å². The third-order valence-electron chi connectivity index (χ3n) is 3.37. The number of tetrazole rings is 1. The van der Waals surface area contributed by atoms with Gasteiger partial charge in [0.05, 0.1) is 4.21 Å². The highest BCUT2D eigenvalue weighted by Crippen LogP contribution is 2.43. The molecule has 0 saturated heterocycles. The van der Waals surface area contributed by atoms with Gasteiger partial charge in [-0.1, -0.05) is 24.3 Å². The molecule has 4 nitrogen and oxygen atoms in total. The molecule has 0 spiro atoms. The highest BCUT2D eigenvalue weighted by atomic mass is 32.2. The summed E-state index contributed by atoms with van der Waals surface area (Å²) in [6.07, 6.45) is 2.48. The molecule has 0 fully saturated rings. The van der Waals surface area contributed by atoms with Crippen molar-refractivity contribution in [3.05, 3.63) is 35.9 Å². The van der Waals surface area contributed by atoms with Crippen LogP contribution in [0.3, 0.4) is 0 Å². The maximum absolute atomic E-state index is 4.11. The first-order valence-corrected chi connectivity index (χ1v) is 8.31. The Hall–Kier alpha value is -1.66. The molecule has 1 aliphatic heterocycles. The summed E-state index contributed by atoms with van der Waals surface area (Å²) in [7, 11) is 0. The minimum Gasteiger partial charge on any atom is -0.177 e. The van der Waals surface area contributed by atoms with Crippen LogP contribution in [0.2, 0.25) is 0 Å². The fourth-order valence-electron chi connectivity index (χ4n) is 2.44. The van der Waals surface area contributed by atoms with Crippen LogP contribution in [0.4, 0.5) is 0 Å². The zero-order valence-electron chi connectivity index (χ0n) is 10.7. The molecule has 1 aliphatic rings. The lowest BCUT2D eigenvalue weighted by molar-refractivity contribution is 0.881. The summed E-state index contributed by atoms with van der Waals surface area (Å²) >= 11 is 3.85. The number of fused-ring (bicyclic) bond motifs is 1. The van der Waals surface area contributed by atoms with Crippen molar-refractivity contribution in [3.8, 4) is 21.8 Å². The molecule has 0 aliphatic carbocycles. The van der Waals surface area contributed by atoms with Crippen LogP contribution in [0.5, 0.6) is 0 Å². The number of thioether (sulfide) groups is 1. The second-order valence-electron chi connectivity index (χ2n) is 4.66. The summed E-state index contributed by atoms with van der Waals surface area (Å²) in [5, 5.41) is 14.4. The standard InChI is InChI=1S/C14H12N4S2/c1-2-6-11(13-15-17-18-16-13)10(5-1)12-8-9-4-3-7-19-14(9)20-12/h1-2,5-6,8H,3-4,7H2,(H,15,16,17,18). The number of hydrogen-bond acceptors (Lipinski definition) is 5. The predicted molar refractivity (Wildman–Crippen MR) is 82.0 cm³/mol. The minimum absolute atomic E-state index is 0.652. The summed E-state index contributed by atoms with van der Waals surface area (Å²) < 4.78 is 1.47. The van der Waals surface area contributed by atoms with Crippen LogP contribution in [-0.2, 0) is 6.42 Å². The molecular formula is C14H12N4S2. The minimum atomic E-state index is 0.652. The number of H-pyrrole nitrogens is 1. The van der Waals surface area contributed by atoms with E-state index < -0.39 is 0 Å². The highest BCUT2D eigenvalue weighted by molar-refractivity contribution is 8.01. The van der Waals surface area contributed by atoms with Gasteiger partial charge < -0.3 is 0 Å². The molecule has 6 heteroatoms. The number of aryl methyl sites for hydroxylation is 1. The number of aromatic amines is 1. The number of nitrogens with zero attached hydrogens (tertiary/aromatic N) is 3. The molecule has 20 heavy (non-hydrogen) atoms. The first-order valence-electron chi connectivity index (χ1n) is 6.50. The van der Waals surface area contributed by atoms with Crippen LogP contribution >= 0.6 is 23.1 Å². The third kappa shape index (κ3) is 2.05. The van der Waals surface area contributed by atoms with Crippen LogP contribution in [0, 0.1) is 0 Å². The SMILES string of the molecule is c1ccc(-c2cc3c(s2)SCCC3)c(-c2nn[nH]n2)c1. The molecule has 0 bridgehead atoms. The number of hydrogen-bond donors (Lipinski definition) is 1. The molecule has 4 rings (SSSR count). The Labute approximate surface area is 124 Å². The molecule has 0 amide bonds. The molecule has 0 radical (unpaired) electrons. The van der Waals surface area contributed by atoms with Crippen LogP contribution in [0.25, 0.3) is 21.8 Å². The first kappa shape index (κ1) is 12.1. The van der Waals surface area contributed by atoms with Gasteiger partial charge in [-0.15, -0.1) is 33.3 Å². The van der Waals surface area contributed by atoms with E-state index in [-0.39, 0.29) is 0 Å². The lowest BCUT2D eigenvalue weighted by atomic mass is 10.0. The van der Waals surface area contributed by atoms with Crippen molar-refractivity contribution >= 4 is 23.1 Å². The van der Waals surface area contributed by atoms with E-state index in [1.807, 2.05) is 35.2 Å². The fraction of sp³-hybridized carbons (Fsp3) is 0.214. The Kier molecular flexibility index (Phi) is 3.05. The smallest absolute Gasteiger partial charge is 0.177 e. The summed E-state index contributed by atoms with van der Waals surface area (Å²) in [6.45, 7) is 0. The van der Waals surface area contributed by atoms with E-state index >= 15 is 0 Å². The molecular weight excluding hydrogens is 288 g/mol. The normalized spacial score (nSPS) is 14.2. The van der Waals surface area contributed by atoms with Crippen LogP contribution < -0.4 is 0 Å². The lowest BCUT2D eigenvalue weighted by Crippen LogP contribution is -1.92. The average Bonchev–Trinajstić information content (AvgIpc) is 3.16. The van der Waals surface area contributed by atoms with Gasteiger partial charge in [0.1, 0.15) is 0 Å². The topological polar surface area (TPSA) is 54.5 Å². The maximum Gasteiger partial charge on any atom is 0.205 e. The maximum atomic E-state index is 4.11. The quantitative estimate of drug-likeness (QED) is 0.785. The van der Waals surface area contributed by atoms with Crippen molar-refractivity contribution in [1.29, 1.82) is 0 Å². The van der Waals surface area contributed by atoms with Gasteiger partial charge in [0.25, 0.3) is 0 Å². The summed E-state index contributed by atoms with van der Waals surface area (Å²) in [5.74, 6) is 1.89. The first-order chi connectivity index (χ1) is 9.92. The second kappa shape index (κ2) is 5.03. The van der Waals surface area contributed by atoms with E-state index in [1.165, 1.54) is 38.8 Å². The Balaban J connectivity index is 1.84. The molecule has 2 aromatic heterocycles. The van der Waals surface area contributed by atoms with Gasteiger partial charge in [0.15, 0.2) is 0 Å². The van der Waals surface area contributed by atoms with Crippen LogP contribution in [0.1, 0.15) is 12.0 Å². The molecule has 3 heterocycles. The van der Waals surface area contributed by atoms with Gasteiger partial charge in [-0.05, 0) is 35.4 Å². The molecule has 0 saturated carbocycles. The van der Waals surface area contributed by atoms with Crippen molar-refractivity contribution in [2.45, 2.75) is 17.1 Å². The van der Waals surface area contributed by atoms with Crippen molar-refractivity contribution in [1.82, 2.24) is 20.6 Å². The molecule has 0 unspecified atom stereocenters. The van der Waals surface area contributed by atoms with Gasteiger partial charge in [-0.25, -0.2) is 0 Å². The largest absolute Gasteiger partial charge is 0.205 e. The van der Waals surface area contributed by atoms with E-state index in [0.29, 0.717) is 5.82 Å². The van der Waals surface area contributed by atoms with Crippen molar-refractivity contribution < 1.29 is 0 Å². The van der Waals surface area contributed by atoms with Gasteiger partial charge in [-0.2, -0.15) is 5.21 Å². The Morgan fingerprint density at radius 3 is 2.85 bits per heavy atom. The van der Waals surface area contributed by atoms with E-state index in [1.54, 1.807) is 0 Å². The summed E-state index contributed by atoms with van der Waals surface area (Å²) in [5.41, 5.74) is 3.71. The van der Waals surface area contributed by atoms with Crippen LogP contribution in [0.15, 0.2) is 34.5 Å². The second-order valence-corrected chi connectivity index (χ2v) is 7.07. The zero-order valence-corrected chi connectivity index (χ0v) is 12.3. The van der Waals surface area contributed by atoms with Gasteiger partial charge in [0, 0.05) is 16.0 Å². The average molecular weight is 300 g/mol. The van der Waals surface area contributed by atoms with E-state index in [4.69, 9.17) is 0 Å². The zero-order chi connectivity index (χ0) is 13.4. The molecule has 3 aromatic rings.